The van der Waals surface area contributed by atoms with E-state index in [9.17, 15) is 9.18 Å². The summed E-state index contributed by atoms with van der Waals surface area (Å²) in [6.07, 6.45) is 0. The Balaban J connectivity index is 1.63. The minimum absolute atomic E-state index is 0.171. The average Bonchev–Trinajstić information content (AvgIpc) is 2.62. The van der Waals surface area contributed by atoms with Gasteiger partial charge in [-0.05, 0) is 32.2 Å². The van der Waals surface area contributed by atoms with Gasteiger partial charge in [0.2, 0.25) is 5.91 Å². The second-order valence-electron chi connectivity index (χ2n) is 6.03. The van der Waals surface area contributed by atoms with Gasteiger partial charge in [-0.25, -0.2) is 4.39 Å². The molecule has 0 aliphatic carbocycles. The molecule has 0 saturated heterocycles. The SMILES string of the molecule is CC(C(=O)Nc1ccc2c(c1)OCCO2)N(C)Cc1ccccc1F. The zero-order valence-electron chi connectivity index (χ0n) is 14.3. The summed E-state index contributed by atoms with van der Waals surface area (Å²) < 4.78 is 24.8. The number of rotatable bonds is 5. The monoisotopic (exact) mass is 344 g/mol. The van der Waals surface area contributed by atoms with Gasteiger partial charge in [-0.1, -0.05) is 18.2 Å². The number of amides is 1. The lowest BCUT2D eigenvalue weighted by Crippen LogP contribution is -2.39. The molecule has 1 heterocycles. The molecule has 132 valence electrons. The Morgan fingerprint density at radius 1 is 1.20 bits per heavy atom. The van der Waals surface area contributed by atoms with Gasteiger partial charge in [0, 0.05) is 23.9 Å². The molecular weight excluding hydrogens is 323 g/mol. The predicted octanol–water partition coefficient (Wildman–Crippen LogP) is 3.06. The third kappa shape index (κ3) is 4.09. The maximum absolute atomic E-state index is 13.8. The Kier molecular flexibility index (Phi) is 5.19. The summed E-state index contributed by atoms with van der Waals surface area (Å²) in [5.41, 5.74) is 1.20. The van der Waals surface area contributed by atoms with E-state index in [4.69, 9.17) is 9.47 Å². The first kappa shape index (κ1) is 17.2. The number of hydrogen-bond donors (Lipinski definition) is 1. The molecule has 3 rings (SSSR count). The Bertz CT molecular complexity index is 766. The molecule has 25 heavy (non-hydrogen) atoms. The highest BCUT2D eigenvalue weighted by molar-refractivity contribution is 5.94. The number of likely N-dealkylation sites (N-methyl/N-ethyl adjacent to an activating group) is 1. The van der Waals surface area contributed by atoms with Crippen LogP contribution in [-0.2, 0) is 11.3 Å². The molecule has 1 atom stereocenters. The van der Waals surface area contributed by atoms with Crippen LogP contribution in [0, 0.1) is 5.82 Å². The molecular formula is C19H21FN2O3. The summed E-state index contributed by atoms with van der Waals surface area (Å²) in [5.74, 6) is 0.856. The van der Waals surface area contributed by atoms with Gasteiger partial charge in [-0.2, -0.15) is 0 Å². The van der Waals surface area contributed by atoms with Crippen LogP contribution in [0.25, 0.3) is 0 Å². The van der Waals surface area contributed by atoms with Crippen LogP contribution in [0.4, 0.5) is 10.1 Å². The molecule has 2 aromatic rings. The molecule has 1 N–H and O–H groups in total. The van der Waals surface area contributed by atoms with Crippen LogP contribution in [0.1, 0.15) is 12.5 Å². The van der Waals surface area contributed by atoms with Crippen LogP contribution in [0.2, 0.25) is 0 Å². The zero-order valence-corrected chi connectivity index (χ0v) is 14.3. The number of ether oxygens (including phenoxy) is 2. The molecule has 0 bridgehead atoms. The van der Waals surface area contributed by atoms with E-state index >= 15 is 0 Å². The summed E-state index contributed by atoms with van der Waals surface area (Å²) in [7, 11) is 1.79. The van der Waals surface area contributed by atoms with E-state index in [1.807, 2.05) is 0 Å². The maximum Gasteiger partial charge on any atom is 0.241 e. The number of benzene rings is 2. The van der Waals surface area contributed by atoms with Crippen molar-refractivity contribution in [1.82, 2.24) is 4.90 Å². The lowest BCUT2D eigenvalue weighted by Gasteiger charge is -2.24. The zero-order chi connectivity index (χ0) is 17.8. The van der Waals surface area contributed by atoms with E-state index in [1.54, 1.807) is 55.3 Å². The van der Waals surface area contributed by atoms with Crippen molar-refractivity contribution in [2.45, 2.75) is 19.5 Å². The van der Waals surface area contributed by atoms with Gasteiger partial charge in [0.15, 0.2) is 11.5 Å². The van der Waals surface area contributed by atoms with Crippen molar-refractivity contribution in [3.8, 4) is 11.5 Å². The average molecular weight is 344 g/mol. The number of nitrogens with zero attached hydrogens (tertiary/aromatic N) is 1. The van der Waals surface area contributed by atoms with Crippen molar-refractivity contribution in [1.29, 1.82) is 0 Å². The normalized spacial score (nSPS) is 14.2. The van der Waals surface area contributed by atoms with Crippen molar-refractivity contribution < 1.29 is 18.7 Å². The molecule has 2 aromatic carbocycles. The first-order valence-electron chi connectivity index (χ1n) is 8.19. The Morgan fingerprint density at radius 3 is 2.68 bits per heavy atom. The highest BCUT2D eigenvalue weighted by Gasteiger charge is 2.20. The predicted molar refractivity (Wildman–Crippen MR) is 93.4 cm³/mol. The summed E-state index contributed by atoms with van der Waals surface area (Å²) in [6.45, 7) is 3.15. The molecule has 0 radical (unpaired) electrons. The van der Waals surface area contributed by atoms with E-state index in [-0.39, 0.29) is 11.7 Å². The molecule has 1 amide bonds. The second kappa shape index (κ2) is 7.53. The van der Waals surface area contributed by atoms with Crippen LogP contribution in [0.15, 0.2) is 42.5 Å². The third-order valence-corrected chi connectivity index (χ3v) is 4.23. The lowest BCUT2D eigenvalue weighted by molar-refractivity contribution is -0.120. The van der Waals surface area contributed by atoms with Gasteiger partial charge in [-0.3, -0.25) is 9.69 Å². The molecule has 1 unspecified atom stereocenters. The fourth-order valence-electron chi connectivity index (χ4n) is 2.60. The van der Waals surface area contributed by atoms with E-state index < -0.39 is 6.04 Å². The number of halogens is 1. The highest BCUT2D eigenvalue weighted by Crippen LogP contribution is 2.32. The Labute approximate surface area is 146 Å². The Morgan fingerprint density at radius 2 is 1.92 bits per heavy atom. The molecule has 1 aliphatic rings. The number of hydrogen-bond acceptors (Lipinski definition) is 4. The molecule has 0 spiro atoms. The molecule has 6 heteroatoms. The summed E-state index contributed by atoms with van der Waals surface area (Å²) in [6, 6.07) is 11.4. The quantitative estimate of drug-likeness (QED) is 0.906. The van der Waals surface area contributed by atoms with Crippen molar-refractivity contribution in [2.24, 2.45) is 0 Å². The van der Waals surface area contributed by atoms with E-state index in [1.165, 1.54) is 6.07 Å². The van der Waals surface area contributed by atoms with Gasteiger partial charge >= 0.3 is 0 Å². The van der Waals surface area contributed by atoms with Gasteiger partial charge in [-0.15, -0.1) is 0 Å². The fraction of sp³-hybridized carbons (Fsp3) is 0.316. The van der Waals surface area contributed by atoms with Crippen LogP contribution in [0.5, 0.6) is 11.5 Å². The topological polar surface area (TPSA) is 50.8 Å². The molecule has 5 nitrogen and oxygen atoms in total. The number of carbonyl (C=O) groups excluding carboxylic acids is 1. The van der Waals surface area contributed by atoms with Gasteiger partial charge in [0.25, 0.3) is 0 Å². The lowest BCUT2D eigenvalue weighted by atomic mass is 10.1. The first-order valence-corrected chi connectivity index (χ1v) is 8.19. The smallest absolute Gasteiger partial charge is 0.241 e. The molecule has 1 aliphatic heterocycles. The minimum atomic E-state index is -0.423. The fourth-order valence-corrected chi connectivity index (χ4v) is 2.60. The van der Waals surface area contributed by atoms with Gasteiger partial charge in [0.1, 0.15) is 19.0 Å². The van der Waals surface area contributed by atoms with E-state index in [2.05, 4.69) is 5.32 Å². The van der Waals surface area contributed by atoms with Crippen LogP contribution in [-0.4, -0.2) is 37.1 Å². The standard InChI is InChI=1S/C19H21FN2O3/c1-13(22(2)12-14-5-3-4-6-16(14)20)19(23)21-15-7-8-17-18(11-15)25-10-9-24-17/h3-8,11,13H,9-10,12H2,1-2H3,(H,21,23). The highest BCUT2D eigenvalue weighted by atomic mass is 19.1. The maximum atomic E-state index is 13.8. The van der Waals surface area contributed by atoms with Gasteiger partial charge in [0.05, 0.1) is 6.04 Å². The molecule has 0 fully saturated rings. The van der Waals surface area contributed by atoms with Gasteiger partial charge < -0.3 is 14.8 Å². The van der Waals surface area contributed by atoms with Crippen molar-refractivity contribution in [3.05, 3.63) is 53.8 Å². The van der Waals surface area contributed by atoms with Crippen molar-refractivity contribution >= 4 is 11.6 Å². The number of nitrogens with one attached hydrogen (secondary N) is 1. The van der Waals surface area contributed by atoms with E-state index in [0.29, 0.717) is 42.5 Å². The first-order chi connectivity index (χ1) is 12.0. The third-order valence-electron chi connectivity index (χ3n) is 4.23. The Hall–Kier alpha value is -2.60. The molecule has 0 saturated carbocycles. The molecule has 0 aromatic heterocycles. The van der Waals surface area contributed by atoms with Crippen molar-refractivity contribution in [2.75, 3.05) is 25.6 Å². The minimum Gasteiger partial charge on any atom is -0.486 e. The van der Waals surface area contributed by atoms with E-state index in [0.717, 1.165) is 0 Å². The summed E-state index contributed by atoms with van der Waals surface area (Å²) >= 11 is 0. The summed E-state index contributed by atoms with van der Waals surface area (Å²) in [5, 5.41) is 2.86. The number of carbonyl (C=O) groups is 1. The number of anilines is 1. The summed E-state index contributed by atoms with van der Waals surface area (Å²) in [4.78, 5) is 14.3. The van der Waals surface area contributed by atoms with Crippen molar-refractivity contribution in [3.63, 3.8) is 0 Å². The number of fused-ring (bicyclic) bond motifs is 1. The van der Waals surface area contributed by atoms with Crippen LogP contribution in [0.3, 0.4) is 0 Å². The largest absolute Gasteiger partial charge is 0.486 e. The van der Waals surface area contributed by atoms with Crippen LogP contribution >= 0.6 is 0 Å². The van der Waals surface area contributed by atoms with Crippen LogP contribution < -0.4 is 14.8 Å². The second-order valence-corrected chi connectivity index (χ2v) is 6.03.